The van der Waals surface area contributed by atoms with Crippen molar-refractivity contribution < 1.29 is 14.0 Å². The van der Waals surface area contributed by atoms with Crippen LogP contribution in [-0.2, 0) is 9.59 Å². The van der Waals surface area contributed by atoms with Crippen LogP contribution in [0.4, 0.5) is 10.1 Å². The number of carbonyl (C=O) groups is 2. The monoisotopic (exact) mass is 315 g/mol. The van der Waals surface area contributed by atoms with Crippen LogP contribution in [0.2, 0.25) is 0 Å². The fourth-order valence-electron chi connectivity index (χ4n) is 2.38. The van der Waals surface area contributed by atoms with Gasteiger partial charge in [-0.1, -0.05) is 12.1 Å². The largest absolute Gasteiger partial charge is 0.333 e. The summed E-state index contributed by atoms with van der Waals surface area (Å²) in [7, 11) is 3.28. The van der Waals surface area contributed by atoms with E-state index in [1.165, 1.54) is 15.9 Å². The molecular formula is C14H19ClFN3O2. The van der Waals surface area contributed by atoms with Gasteiger partial charge in [-0.15, -0.1) is 12.4 Å². The highest BCUT2D eigenvalue weighted by atomic mass is 35.5. The van der Waals surface area contributed by atoms with Crippen LogP contribution < -0.4 is 10.2 Å². The number of benzene rings is 1. The van der Waals surface area contributed by atoms with E-state index >= 15 is 0 Å². The summed E-state index contributed by atoms with van der Waals surface area (Å²) in [6.45, 7) is 0.599. The van der Waals surface area contributed by atoms with Crippen LogP contribution in [0.15, 0.2) is 24.3 Å². The molecule has 0 saturated carbocycles. The maximum atomic E-state index is 13.7. The van der Waals surface area contributed by atoms with Gasteiger partial charge in [0.2, 0.25) is 11.8 Å². The van der Waals surface area contributed by atoms with Crippen molar-refractivity contribution >= 4 is 29.9 Å². The van der Waals surface area contributed by atoms with Crippen LogP contribution in [0, 0.1) is 5.82 Å². The number of hydrogen-bond acceptors (Lipinski definition) is 3. The van der Waals surface area contributed by atoms with Gasteiger partial charge in [0.15, 0.2) is 0 Å². The Balaban J connectivity index is 0.00000220. The lowest BCUT2D eigenvalue weighted by Gasteiger charge is -2.24. The predicted octanol–water partition coefficient (Wildman–Crippen LogP) is 1.03. The minimum absolute atomic E-state index is 0. The van der Waals surface area contributed by atoms with Crippen LogP contribution in [-0.4, -0.2) is 49.9 Å². The Morgan fingerprint density at radius 3 is 2.76 bits per heavy atom. The number of nitrogens with one attached hydrogen (secondary N) is 1. The maximum Gasteiger partial charge on any atom is 0.249 e. The molecule has 7 heteroatoms. The number of halogens is 2. The molecule has 1 aliphatic rings. The Bertz CT molecular complexity index is 527. The lowest BCUT2D eigenvalue weighted by molar-refractivity contribution is -0.135. The molecule has 116 valence electrons. The highest BCUT2D eigenvalue weighted by molar-refractivity contribution is 6.01. The molecule has 21 heavy (non-hydrogen) atoms. The van der Waals surface area contributed by atoms with Crippen LogP contribution >= 0.6 is 12.4 Å². The van der Waals surface area contributed by atoms with Crippen molar-refractivity contribution in [2.24, 2.45) is 0 Å². The van der Waals surface area contributed by atoms with E-state index in [1.54, 1.807) is 32.3 Å². The van der Waals surface area contributed by atoms with Crippen LogP contribution in [0.5, 0.6) is 0 Å². The molecule has 1 fully saturated rings. The van der Waals surface area contributed by atoms with Gasteiger partial charge in [0.25, 0.3) is 0 Å². The normalized spacial score (nSPS) is 17.6. The van der Waals surface area contributed by atoms with E-state index in [9.17, 15) is 14.0 Å². The third kappa shape index (κ3) is 3.51. The molecule has 5 nitrogen and oxygen atoms in total. The highest BCUT2D eigenvalue weighted by Crippen LogP contribution is 2.26. The first-order chi connectivity index (χ1) is 9.56. The summed E-state index contributed by atoms with van der Waals surface area (Å²) in [5.41, 5.74) is 0.273. The average Bonchev–Trinajstić information content (AvgIpc) is 2.80. The molecule has 1 aliphatic heterocycles. The van der Waals surface area contributed by atoms with Gasteiger partial charge < -0.3 is 15.1 Å². The van der Waals surface area contributed by atoms with E-state index in [0.717, 1.165) is 0 Å². The molecule has 1 aromatic carbocycles. The van der Waals surface area contributed by atoms with E-state index in [2.05, 4.69) is 5.32 Å². The predicted molar refractivity (Wildman–Crippen MR) is 81.1 cm³/mol. The quantitative estimate of drug-likeness (QED) is 0.903. The summed E-state index contributed by atoms with van der Waals surface area (Å²) in [5, 5.41) is 2.76. The van der Waals surface area contributed by atoms with Crippen molar-refractivity contribution in [3.8, 4) is 0 Å². The van der Waals surface area contributed by atoms with Gasteiger partial charge in [-0.3, -0.25) is 9.59 Å². The Morgan fingerprint density at radius 1 is 1.48 bits per heavy atom. The van der Waals surface area contributed by atoms with E-state index in [1.807, 2.05) is 0 Å². The molecule has 1 N–H and O–H groups in total. The van der Waals surface area contributed by atoms with Gasteiger partial charge in [0, 0.05) is 13.6 Å². The van der Waals surface area contributed by atoms with Crippen LogP contribution in [0.3, 0.4) is 0 Å². The zero-order valence-corrected chi connectivity index (χ0v) is 12.8. The van der Waals surface area contributed by atoms with Gasteiger partial charge >= 0.3 is 0 Å². The minimum Gasteiger partial charge on any atom is -0.333 e. The van der Waals surface area contributed by atoms with Gasteiger partial charge in [-0.2, -0.15) is 0 Å². The smallest absolute Gasteiger partial charge is 0.249 e. The summed E-state index contributed by atoms with van der Waals surface area (Å²) in [4.78, 5) is 27.0. The van der Waals surface area contributed by atoms with Crippen molar-refractivity contribution in [2.75, 3.05) is 32.1 Å². The summed E-state index contributed by atoms with van der Waals surface area (Å²) in [5.74, 6) is -0.811. The second-order valence-electron chi connectivity index (χ2n) is 4.78. The number of hydrogen-bond donors (Lipinski definition) is 1. The van der Waals surface area contributed by atoms with Gasteiger partial charge in [-0.05, 0) is 25.6 Å². The second-order valence-corrected chi connectivity index (χ2v) is 4.78. The molecule has 2 rings (SSSR count). The van der Waals surface area contributed by atoms with Crippen molar-refractivity contribution in [1.82, 2.24) is 10.2 Å². The van der Waals surface area contributed by atoms with Crippen molar-refractivity contribution in [3.63, 3.8) is 0 Å². The maximum absolute atomic E-state index is 13.7. The lowest BCUT2D eigenvalue weighted by atomic mass is 10.2. The molecule has 0 spiro atoms. The number of nitrogens with zero attached hydrogens (tertiary/aromatic N) is 2. The molecular weight excluding hydrogens is 297 g/mol. The van der Waals surface area contributed by atoms with Crippen LogP contribution in [0.1, 0.15) is 6.42 Å². The lowest BCUT2D eigenvalue weighted by Crippen LogP contribution is -2.45. The fraction of sp³-hybridized carbons (Fsp3) is 0.429. The van der Waals surface area contributed by atoms with E-state index in [-0.39, 0.29) is 36.5 Å². The topological polar surface area (TPSA) is 52.7 Å². The molecule has 2 amide bonds. The summed E-state index contributed by atoms with van der Waals surface area (Å²) < 4.78 is 13.7. The van der Waals surface area contributed by atoms with E-state index in [4.69, 9.17) is 0 Å². The number of amides is 2. The van der Waals surface area contributed by atoms with Crippen molar-refractivity contribution in [2.45, 2.75) is 12.5 Å². The summed E-state index contributed by atoms with van der Waals surface area (Å²) in [6.07, 6.45) is 0.513. The number of rotatable bonds is 4. The first-order valence-corrected chi connectivity index (χ1v) is 6.52. The molecule has 0 aromatic heterocycles. The standard InChI is InChI=1S/C14H18FN3O2.ClH/c1-16-9-13(19)17(2)12-7-8-18(14(12)20)11-6-4-3-5-10(11)15;/h3-6,12,16H,7-9H2,1-2H3;1H. The number of carbonyl (C=O) groups excluding carboxylic acids is 2. The first kappa shape index (κ1) is 17.4. The molecule has 1 unspecified atom stereocenters. The SMILES string of the molecule is CNCC(=O)N(C)C1CCN(c2ccccc2F)C1=O.Cl. The zero-order chi connectivity index (χ0) is 14.7. The molecule has 1 saturated heterocycles. The Morgan fingerprint density at radius 2 is 2.14 bits per heavy atom. The zero-order valence-electron chi connectivity index (χ0n) is 12.0. The molecule has 1 heterocycles. The first-order valence-electron chi connectivity index (χ1n) is 6.52. The number of para-hydroxylation sites is 1. The fourth-order valence-corrected chi connectivity index (χ4v) is 2.38. The Labute approximate surface area is 129 Å². The van der Waals surface area contributed by atoms with Gasteiger partial charge in [0.1, 0.15) is 11.9 Å². The van der Waals surface area contributed by atoms with Crippen molar-refractivity contribution in [3.05, 3.63) is 30.1 Å². The molecule has 1 atom stereocenters. The molecule has 0 aliphatic carbocycles. The summed E-state index contributed by atoms with van der Waals surface area (Å²) in [6, 6.07) is 5.65. The van der Waals surface area contributed by atoms with Gasteiger partial charge in [-0.25, -0.2) is 4.39 Å². The second kappa shape index (κ2) is 7.38. The summed E-state index contributed by atoms with van der Waals surface area (Å²) >= 11 is 0. The third-order valence-corrected chi connectivity index (χ3v) is 3.51. The highest BCUT2D eigenvalue weighted by Gasteiger charge is 2.37. The van der Waals surface area contributed by atoms with Crippen LogP contribution in [0.25, 0.3) is 0 Å². The number of anilines is 1. The Kier molecular flexibility index (Phi) is 6.11. The van der Waals surface area contributed by atoms with Crippen molar-refractivity contribution in [1.29, 1.82) is 0 Å². The molecule has 0 radical (unpaired) electrons. The average molecular weight is 316 g/mol. The number of likely N-dealkylation sites (N-methyl/N-ethyl adjacent to an activating group) is 2. The Hall–Kier alpha value is -1.66. The minimum atomic E-state index is -0.518. The molecule has 0 bridgehead atoms. The third-order valence-electron chi connectivity index (χ3n) is 3.51. The van der Waals surface area contributed by atoms with E-state index < -0.39 is 11.9 Å². The van der Waals surface area contributed by atoms with Gasteiger partial charge in [0.05, 0.1) is 12.2 Å². The van der Waals surface area contributed by atoms with E-state index in [0.29, 0.717) is 13.0 Å². The molecule has 1 aromatic rings.